The van der Waals surface area contributed by atoms with Gasteiger partial charge in [-0.3, -0.25) is 14.4 Å². The van der Waals surface area contributed by atoms with Crippen molar-refractivity contribution in [2.24, 2.45) is 7.05 Å². The van der Waals surface area contributed by atoms with Crippen LogP contribution in [0.25, 0.3) is 0 Å². The smallest absolute Gasteiger partial charge is 0.341 e. The summed E-state index contributed by atoms with van der Waals surface area (Å²) in [6.45, 7) is 6.60. The van der Waals surface area contributed by atoms with Crippen molar-refractivity contribution in [3.63, 3.8) is 0 Å². The van der Waals surface area contributed by atoms with Gasteiger partial charge in [0.05, 0.1) is 12.7 Å². The van der Waals surface area contributed by atoms with Crippen molar-refractivity contribution in [2.75, 3.05) is 25.5 Å². The summed E-state index contributed by atoms with van der Waals surface area (Å²) in [4.78, 5) is 28.3. The number of hydrogen-bond donors (Lipinski definition) is 1. The molecule has 7 nitrogen and oxygen atoms in total. The van der Waals surface area contributed by atoms with Gasteiger partial charge >= 0.3 is 5.97 Å². The number of esters is 1. The topological polar surface area (TPSA) is 76.5 Å². The predicted molar refractivity (Wildman–Crippen MR) is 96.2 cm³/mol. The SMILES string of the molecule is CCN1CCc2c(sc(NC(=O)c3nn(C)cc3C)c2C(=O)OC)C1. The molecule has 0 unspecified atom stereocenters. The number of likely N-dealkylation sites (N-methyl/N-ethyl adjacent to an activating group) is 1. The first kappa shape index (κ1) is 17.6. The second-order valence-electron chi connectivity index (χ2n) is 6.11. The first-order chi connectivity index (χ1) is 11.9. The summed E-state index contributed by atoms with van der Waals surface area (Å²) in [5.41, 5.74) is 2.63. The minimum absolute atomic E-state index is 0.311. The maximum atomic E-state index is 12.6. The zero-order valence-corrected chi connectivity index (χ0v) is 15.7. The third-order valence-corrected chi connectivity index (χ3v) is 5.56. The molecule has 0 atom stereocenters. The molecule has 3 rings (SSSR count). The highest BCUT2D eigenvalue weighted by Gasteiger charge is 2.29. The van der Waals surface area contributed by atoms with E-state index >= 15 is 0 Å². The van der Waals surface area contributed by atoms with E-state index in [4.69, 9.17) is 4.74 Å². The van der Waals surface area contributed by atoms with E-state index in [9.17, 15) is 9.59 Å². The van der Waals surface area contributed by atoms with E-state index in [-0.39, 0.29) is 5.91 Å². The molecule has 1 aliphatic rings. The molecule has 0 saturated heterocycles. The van der Waals surface area contributed by atoms with Gasteiger partial charge in [-0.1, -0.05) is 6.92 Å². The third-order valence-electron chi connectivity index (χ3n) is 4.43. The van der Waals surface area contributed by atoms with Crippen LogP contribution in [0.1, 0.15) is 43.8 Å². The van der Waals surface area contributed by atoms with Crippen LogP contribution in [0.5, 0.6) is 0 Å². The normalized spacial score (nSPS) is 14.2. The number of thiophene rings is 1. The van der Waals surface area contributed by atoms with Crippen molar-refractivity contribution in [1.82, 2.24) is 14.7 Å². The molecule has 1 amide bonds. The van der Waals surface area contributed by atoms with Crippen LogP contribution in [0.15, 0.2) is 6.20 Å². The molecular weight excluding hydrogens is 340 g/mol. The van der Waals surface area contributed by atoms with Gasteiger partial charge in [-0.15, -0.1) is 11.3 Å². The van der Waals surface area contributed by atoms with Crippen molar-refractivity contribution >= 4 is 28.2 Å². The Morgan fingerprint density at radius 2 is 2.20 bits per heavy atom. The number of carbonyl (C=O) groups is 2. The lowest BCUT2D eigenvalue weighted by Crippen LogP contribution is -2.30. The first-order valence-electron chi connectivity index (χ1n) is 8.21. The zero-order valence-electron chi connectivity index (χ0n) is 14.9. The second-order valence-corrected chi connectivity index (χ2v) is 7.21. The summed E-state index contributed by atoms with van der Waals surface area (Å²) in [6, 6.07) is 0. The van der Waals surface area contributed by atoms with Crippen LogP contribution >= 0.6 is 11.3 Å². The van der Waals surface area contributed by atoms with E-state index in [2.05, 4.69) is 22.2 Å². The van der Waals surface area contributed by atoms with Gasteiger partial charge in [-0.2, -0.15) is 5.10 Å². The lowest BCUT2D eigenvalue weighted by Gasteiger charge is -2.25. The number of nitrogens with zero attached hydrogens (tertiary/aromatic N) is 3. The Morgan fingerprint density at radius 1 is 1.44 bits per heavy atom. The number of carbonyl (C=O) groups excluding carboxylic acids is 2. The lowest BCUT2D eigenvalue weighted by molar-refractivity contribution is 0.0600. The minimum Gasteiger partial charge on any atom is -0.465 e. The van der Waals surface area contributed by atoms with E-state index in [1.807, 2.05) is 6.92 Å². The predicted octanol–water partition coefficient (Wildman–Crippen LogP) is 2.21. The Morgan fingerprint density at radius 3 is 2.80 bits per heavy atom. The van der Waals surface area contributed by atoms with Crippen LogP contribution in [0.3, 0.4) is 0 Å². The quantitative estimate of drug-likeness (QED) is 0.844. The second kappa shape index (κ2) is 6.97. The highest BCUT2D eigenvalue weighted by Crippen LogP contribution is 2.37. The molecule has 3 heterocycles. The number of nitrogens with one attached hydrogen (secondary N) is 1. The van der Waals surface area contributed by atoms with E-state index < -0.39 is 5.97 Å². The monoisotopic (exact) mass is 362 g/mol. The largest absolute Gasteiger partial charge is 0.465 e. The average molecular weight is 362 g/mol. The Labute approximate surface area is 150 Å². The number of rotatable bonds is 4. The molecule has 0 spiro atoms. The van der Waals surface area contributed by atoms with Gasteiger partial charge in [0, 0.05) is 36.8 Å². The summed E-state index contributed by atoms with van der Waals surface area (Å²) in [5.74, 6) is -0.718. The molecule has 0 saturated carbocycles. The van der Waals surface area contributed by atoms with Crippen LogP contribution in [0, 0.1) is 6.92 Å². The number of ether oxygens (including phenoxy) is 1. The van der Waals surface area contributed by atoms with Crippen molar-refractivity contribution in [3.8, 4) is 0 Å². The van der Waals surface area contributed by atoms with E-state index in [1.54, 1.807) is 17.9 Å². The zero-order chi connectivity index (χ0) is 18.1. The Kier molecular flexibility index (Phi) is 4.91. The number of aryl methyl sites for hydroxylation is 2. The van der Waals surface area contributed by atoms with Crippen molar-refractivity contribution in [1.29, 1.82) is 0 Å². The van der Waals surface area contributed by atoms with Gasteiger partial charge in [0.2, 0.25) is 0 Å². The number of anilines is 1. The molecule has 8 heteroatoms. The average Bonchev–Trinajstić information content (AvgIpc) is 3.12. The van der Waals surface area contributed by atoms with E-state index in [1.165, 1.54) is 18.4 Å². The molecule has 0 aliphatic carbocycles. The van der Waals surface area contributed by atoms with E-state index in [0.717, 1.165) is 42.1 Å². The summed E-state index contributed by atoms with van der Waals surface area (Å²) >= 11 is 1.45. The van der Waals surface area contributed by atoms with Crippen LogP contribution in [-0.2, 0) is 24.8 Å². The van der Waals surface area contributed by atoms with Gasteiger partial charge in [0.25, 0.3) is 5.91 Å². The van der Waals surface area contributed by atoms with Crippen LogP contribution in [-0.4, -0.2) is 46.8 Å². The summed E-state index contributed by atoms with van der Waals surface area (Å²) < 4.78 is 6.55. The Bertz CT molecular complexity index is 824. The van der Waals surface area contributed by atoms with Crippen molar-refractivity contribution < 1.29 is 14.3 Å². The number of amides is 1. The maximum absolute atomic E-state index is 12.6. The van der Waals surface area contributed by atoms with Gasteiger partial charge in [-0.25, -0.2) is 4.79 Å². The van der Waals surface area contributed by atoms with Crippen molar-refractivity contribution in [2.45, 2.75) is 26.8 Å². The van der Waals surface area contributed by atoms with E-state index in [0.29, 0.717) is 16.3 Å². The molecular formula is C17H22N4O3S. The van der Waals surface area contributed by atoms with Gasteiger partial charge in [0.1, 0.15) is 5.00 Å². The fourth-order valence-electron chi connectivity index (χ4n) is 3.13. The molecule has 0 bridgehead atoms. The maximum Gasteiger partial charge on any atom is 0.341 e. The summed E-state index contributed by atoms with van der Waals surface area (Å²) in [6.07, 6.45) is 2.57. The molecule has 1 aliphatic heterocycles. The summed E-state index contributed by atoms with van der Waals surface area (Å²) in [5, 5.41) is 7.61. The fourth-order valence-corrected chi connectivity index (χ4v) is 4.40. The minimum atomic E-state index is -0.407. The third kappa shape index (κ3) is 3.32. The number of fused-ring (bicyclic) bond motifs is 1. The van der Waals surface area contributed by atoms with Crippen LogP contribution < -0.4 is 5.32 Å². The van der Waals surface area contributed by atoms with Gasteiger partial charge in [0.15, 0.2) is 5.69 Å². The molecule has 2 aromatic heterocycles. The fraction of sp³-hybridized carbons (Fsp3) is 0.471. The Balaban J connectivity index is 1.95. The highest BCUT2D eigenvalue weighted by atomic mass is 32.1. The summed E-state index contributed by atoms with van der Waals surface area (Å²) in [7, 11) is 3.13. The molecule has 134 valence electrons. The molecule has 0 fully saturated rings. The number of aromatic nitrogens is 2. The lowest BCUT2D eigenvalue weighted by atomic mass is 10.0. The highest BCUT2D eigenvalue weighted by molar-refractivity contribution is 7.17. The van der Waals surface area contributed by atoms with Crippen LogP contribution in [0.2, 0.25) is 0 Å². The molecule has 0 aromatic carbocycles. The first-order valence-corrected chi connectivity index (χ1v) is 9.03. The Hall–Kier alpha value is -2.19. The van der Waals surface area contributed by atoms with Gasteiger partial charge in [-0.05, 0) is 25.5 Å². The van der Waals surface area contributed by atoms with Crippen molar-refractivity contribution in [3.05, 3.63) is 33.5 Å². The molecule has 1 N–H and O–H groups in total. The standard InChI is InChI=1S/C17H22N4O3S/c1-5-21-7-6-11-12(9-21)25-16(13(11)17(23)24-4)18-15(22)14-10(2)8-20(3)19-14/h8H,5-7,9H2,1-4H3,(H,18,22). The molecule has 2 aromatic rings. The van der Waals surface area contributed by atoms with Crippen LogP contribution in [0.4, 0.5) is 5.00 Å². The number of methoxy groups -OCH3 is 1. The molecule has 25 heavy (non-hydrogen) atoms. The number of hydrogen-bond acceptors (Lipinski definition) is 6. The van der Waals surface area contributed by atoms with Gasteiger partial charge < -0.3 is 10.1 Å². The molecule has 0 radical (unpaired) electrons.